The predicted octanol–water partition coefficient (Wildman–Crippen LogP) is 11.2. The van der Waals surface area contributed by atoms with Crippen molar-refractivity contribution >= 4 is 50.1 Å². The number of nitrogens with two attached hydrogens (primary N) is 1. The topological polar surface area (TPSA) is 48.2 Å². The molecule has 0 amide bonds. The van der Waals surface area contributed by atoms with Gasteiger partial charge < -0.3 is 15.0 Å². The highest BCUT2D eigenvalue weighted by atomic mass is 15.1. The zero-order valence-corrected chi connectivity index (χ0v) is 28.4. The van der Waals surface area contributed by atoms with E-state index >= 15 is 0 Å². The summed E-state index contributed by atoms with van der Waals surface area (Å²) >= 11 is 0. The van der Waals surface area contributed by atoms with Gasteiger partial charge in [0.2, 0.25) is 0 Å². The molecule has 0 spiro atoms. The summed E-state index contributed by atoms with van der Waals surface area (Å²) in [5.74, 6) is 6.68. The molecule has 244 valence electrons. The van der Waals surface area contributed by atoms with Gasteiger partial charge in [0.1, 0.15) is 0 Å². The summed E-state index contributed by atoms with van der Waals surface area (Å²) in [6.45, 7) is 2.27. The number of fused-ring (bicyclic) bond motifs is 6. The Morgan fingerprint density at radius 3 is 2.08 bits per heavy atom. The normalized spacial score (nSPS) is 17.8. The van der Waals surface area contributed by atoms with Crippen molar-refractivity contribution in [3.8, 4) is 11.4 Å². The Hall–Kier alpha value is -5.87. The molecule has 4 aromatic carbocycles. The number of benzene rings is 4. The molecule has 2 N–H and O–H groups in total. The first-order valence-corrected chi connectivity index (χ1v) is 17.9. The highest BCUT2D eigenvalue weighted by molar-refractivity contribution is 6.14. The minimum absolute atomic E-state index is 0.498. The van der Waals surface area contributed by atoms with Gasteiger partial charge >= 0.3 is 0 Å². The van der Waals surface area contributed by atoms with Crippen LogP contribution in [0, 0.1) is 5.92 Å². The Morgan fingerprint density at radius 2 is 1.42 bits per heavy atom. The van der Waals surface area contributed by atoms with Crippen molar-refractivity contribution < 1.29 is 0 Å². The first kappa shape index (κ1) is 30.2. The van der Waals surface area contributed by atoms with Gasteiger partial charge in [-0.25, -0.2) is 0 Å². The molecule has 2 heterocycles. The molecule has 0 saturated carbocycles. The number of hydrogen-bond donors (Lipinski definition) is 1. The maximum Gasteiger partial charge on any atom is 0.0865 e. The van der Waals surface area contributed by atoms with Crippen LogP contribution >= 0.6 is 0 Å². The molecule has 2 aromatic heterocycles. The highest BCUT2D eigenvalue weighted by Crippen LogP contribution is 2.39. The van der Waals surface area contributed by atoms with Crippen LogP contribution in [0.4, 0.5) is 0 Å². The number of nitrogens with zero attached hydrogens (tertiary/aromatic N) is 3. The van der Waals surface area contributed by atoms with Gasteiger partial charge in [0, 0.05) is 33.2 Å². The number of hydrogen-bond acceptors (Lipinski definition) is 2. The molecule has 1 unspecified atom stereocenters. The van der Waals surface area contributed by atoms with Crippen LogP contribution in [0.3, 0.4) is 0 Å². The Balaban J connectivity index is 1.37. The molecule has 0 fully saturated rings. The van der Waals surface area contributed by atoms with Crippen molar-refractivity contribution in [1.29, 1.82) is 0 Å². The summed E-state index contributed by atoms with van der Waals surface area (Å²) < 4.78 is 4.90. The number of aromatic nitrogens is 2. The van der Waals surface area contributed by atoms with E-state index < -0.39 is 0 Å². The van der Waals surface area contributed by atoms with Gasteiger partial charge in [-0.3, -0.25) is 0 Å². The lowest BCUT2D eigenvalue weighted by molar-refractivity contribution is 0.733. The van der Waals surface area contributed by atoms with Crippen molar-refractivity contribution in [2.75, 3.05) is 0 Å². The lowest BCUT2D eigenvalue weighted by Crippen LogP contribution is -2.08. The van der Waals surface area contributed by atoms with Crippen LogP contribution in [0.25, 0.3) is 55.7 Å². The summed E-state index contributed by atoms with van der Waals surface area (Å²) in [6, 6.07) is 33.5. The van der Waals surface area contributed by atoms with Crippen molar-refractivity contribution in [2.24, 2.45) is 16.9 Å². The molecular weight excluding hydrogens is 609 g/mol. The van der Waals surface area contributed by atoms with Gasteiger partial charge in [0.05, 0.1) is 22.3 Å². The van der Waals surface area contributed by atoms with E-state index in [-0.39, 0.29) is 0 Å². The second-order valence-corrected chi connectivity index (χ2v) is 13.7. The van der Waals surface area contributed by atoms with Crippen LogP contribution in [0.1, 0.15) is 49.4 Å². The molecule has 6 aromatic rings. The molecule has 4 nitrogen and oxygen atoms in total. The van der Waals surface area contributed by atoms with Crippen LogP contribution < -0.4 is 5.84 Å². The highest BCUT2D eigenvalue weighted by Gasteiger charge is 2.22. The van der Waals surface area contributed by atoms with Crippen molar-refractivity contribution in [1.82, 2.24) is 9.13 Å². The number of hydrazone groups is 1. The van der Waals surface area contributed by atoms with Gasteiger partial charge in [-0.05, 0) is 114 Å². The van der Waals surface area contributed by atoms with Crippen LogP contribution in [0.5, 0.6) is 0 Å². The molecule has 3 aliphatic carbocycles. The zero-order valence-electron chi connectivity index (χ0n) is 28.4. The van der Waals surface area contributed by atoms with Gasteiger partial charge in [0.15, 0.2) is 0 Å². The van der Waals surface area contributed by atoms with E-state index in [1.165, 1.54) is 49.5 Å². The van der Waals surface area contributed by atoms with Gasteiger partial charge in [0.25, 0.3) is 0 Å². The Morgan fingerprint density at radius 1 is 0.760 bits per heavy atom. The third-order valence-corrected chi connectivity index (χ3v) is 10.6. The van der Waals surface area contributed by atoms with E-state index in [2.05, 4.69) is 167 Å². The minimum Gasteiger partial charge on any atom is -0.323 e. The molecular formula is C46H40N4. The lowest BCUT2D eigenvalue weighted by Gasteiger charge is -2.21. The molecule has 3 aliphatic rings. The number of aryl methyl sites for hydroxylation is 1. The quantitative estimate of drug-likeness (QED) is 0.109. The SMILES string of the molecule is CC1C=CC(/C(=C/C(=N\N)C2=CC=CCC2)c2cc(-n3c4c(c5ccccc53)CCC=C4)cc(-n3c4ccccc4c4ccccc43)c2)=CC1. The van der Waals surface area contributed by atoms with Gasteiger partial charge in [-0.2, -0.15) is 5.10 Å². The second-order valence-electron chi connectivity index (χ2n) is 13.7. The fraction of sp³-hybridized carbons (Fsp3) is 0.152. The van der Waals surface area contributed by atoms with Crippen molar-refractivity contribution in [3.05, 3.63) is 168 Å². The maximum atomic E-state index is 6.18. The summed E-state index contributed by atoms with van der Waals surface area (Å²) in [5, 5.41) is 8.20. The van der Waals surface area contributed by atoms with E-state index in [1.807, 2.05) is 0 Å². The molecule has 50 heavy (non-hydrogen) atoms. The molecule has 0 aliphatic heterocycles. The molecule has 9 rings (SSSR count). The van der Waals surface area contributed by atoms with Gasteiger partial charge in [-0.1, -0.05) is 104 Å². The van der Waals surface area contributed by atoms with E-state index in [0.717, 1.165) is 65.9 Å². The van der Waals surface area contributed by atoms with Crippen LogP contribution in [0.15, 0.2) is 156 Å². The standard InChI is InChI=1S/C46H40N4/c1-31-23-25-32(26-24-31)41(30-42(48-47)33-13-3-2-4-14-33)34-27-35(49-43-19-9-5-15-37(43)38-16-6-10-20-44(38)49)29-36(28-34)50-45-21-11-7-17-39(45)40-18-8-12-22-46(40)50/h2-3,5-7,9-13,15-17,19-23,25-31H,4,8,14,18,24,47H2,1H3/b41-30-,48-42+. The molecule has 1 atom stereocenters. The lowest BCUT2D eigenvalue weighted by atomic mass is 9.88. The average molecular weight is 649 g/mol. The molecule has 0 saturated heterocycles. The Labute approximate surface area is 293 Å². The molecule has 0 radical (unpaired) electrons. The molecule has 4 heteroatoms. The zero-order chi connectivity index (χ0) is 33.6. The number of allylic oxidation sites excluding steroid dienone is 11. The summed E-state index contributed by atoms with van der Waals surface area (Å²) in [5.41, 5.74) is 14.0. The van der Waals surface area contributed by atoms with E-state index in [4.69, 9.17) is 5.84 Å². The third-order valence-electron chi connectivity index (χ3n) is 10.6. The van der Waals surface area contributed by atoms with Crippen LogP contribution in [0.2, 0.25) is 0 Å². The average Bonchev–Trinajstić information content (AvgIpc) is 3.69. The number of rotatable bonds is 6. The van der Waals surface area contributed by atoms with E-state index in [9.17, 15) is 0 Å². The minimum atomic E-state index is 0.498. The fourth-order valence-electron chi connectivity index (χ4n) is 8.10. The van der Waals surface area contributed by atoms with E-state index in [1.54, 1.807) is 0 Å². The predicted molar refractivity (Wildman–Crippen MR) is 212 cm³/mol. The summed E-state index contributed by atoms with van der Waals surface area (Å²) in [7, 11) is 0. The van der Waals surface area contributed by atoms with Crippen LogP contribution in [-0.2, 0) is 6.42 Å². The van der Waals surface area contributed by atoms with Crippen molar-refractivity contribution in [2.45, 2.75) is 39.0 Å². The maximum absolute atomic E-state index is 6.18. The monoisotopic (exact) mass is 648 g/mol. The number of para-hydroxylation sites is 3. The first-order valence-electron chi connectivity index (χ1n) is 17.9. The Kier molecular flexibility index (Phi) is 7.58. The first-order chi connectivity index (χ1) is 24.7. The fourth-order valence-corrected chi connectivity index (χ4v) is 8.10. The van der Waals surface area contributed by atoms with E-state index in [0.29, 0.717) is 5.92 Å². The Bertz CT molecular complexity index is 2480. The largest absolute Gasteiger partial charge is 0.323 e. The molecule has 0 bridgehead atoms. The van der Waals surface area contributed by atoms with Crippen LogP contribution in [-0.4, -0.2) is 14.8 Å². The second kappa shape index (κ2) is 12.5. The summed E-state index contributed by atoms with van der Waals surface area (Å²) in [6.07, 6.45) is 25.3. The van der Waals surface area contributed by atoms with Gasteiger partial charge in [-0.15, -0.1) is 0 Å². The third kappa shape index (κ3) is 5.11. The summed E-state index contributed by atoms with van der Waals surface area (Å²) in [4.78, 5) is 0. The smallest absolute Gasteiger partial charge is 0.0865 e. The van der Waals surface area contributed by atoms with Crippen molar-refractivity contribution in [3.63, 3.8) is 0 Å².